The van der Waals surface area contributed by atoms with Gasteiger partial charge in [-0.1, -0.05) is 44.2 Å². The second-order valence-electron chi connectivity index (χ2n) is 6.17. The van der Waals surface area contributed by atoms with Crippen molar-refractivity contribution in [1.29, 1.82) is 0 Å². The van der Waals surface area contributed by atoms with Gasteiger partial charge in [0.1, 0.15) is 0 Å². The molecule has 1 saturated heterocycles. The molecule has 0 aliphatic carbocycles. The van der Waals surface area contributed by atoms with E-state index in [-0.39, 0.29) is 0 Å². The van der Waals surface area contributed by atoms with Gasteiger partial charge in [-0.3, -0.25) is 4.90 Å². The third-order valence-electron chi connectivity index (χ3n) is 4.36. The molecular formula is C17H28N2. The lowest BCUT2D eigenvalue weighted by molar-refractivity contribution is 0.194. The zero-order chi connectivity index (χ0) is 13.7. The molecule has 2 rings (SSSR count). The first-order chi connectivity index (χ1) is 9.16. The molecule has 0 bridgehead atoms. The van der Waals surface area contributed by atoms with Crippen molar-refractivity contribution in [1.82, 2.24) is 10.2 Å². The summed E-state index contributed by atoms with van der Waals surface area (Å²) in [7, 11) is 0. The van der Waals surface area contributed by atoms with Crippen LogP contribution in [0.5, 0.6) is 0 Å². The van der Waals surface area contributed by atoms with Crippen molar-refractivity contribution in [2.24, 2.45) is 5.92 Å². The second kappa shape index (κ2) is 7.06. The summed E-state index contributed by atoms with van der Waals surface area (Å²) in [5, 5.41) is 3.70. The van der Waals surface area contributed by atoms with Gasteiger partial charge < -0.3 is 5.32 Å². The summed E-state index contributed by atoms with van der Waals surface area (Å²) in [5.74, 6) is 0.713. The monoisotopic (exact) mass is 260 g/mol. The molecule has 2 unspecified atom stereocenters. The molecule has 2 heteroatoms. The van der Waals surface area contributed by atoms with Gasteiger partial charge in [-0.15, -0.1) is 0 Å². The van der Waals surface area contributed by atoms with Crippen LogP contribution in [0, 0.1) is 5.92 Å². The Balaban J connectivity index is 1.92. The molecule has 106 valence electrons. The number of nitrogens with one attached hydrogen (secondary N) is 1. The summed E-state index contributed by atoms with van der Waals surface area (Å²) < 4.78 is 0. The van der Waals surface area contributed by atoms with Gasteiger partial charge in [-0.2, -0.15) is 0 Å². The average molecular weight is 260 g/mol. The van der Waals surface area contributed by atoms with Crippen LogP contribution < -0.4 is 5.32 Å². The molecule has 2 nitrogen and oxygen atoms in total. The van der Waals surface area contributed by atoms with E-state index >= 15 is 0 Å². The van der Waals surface area contributed by atoms with Gasteiger partial charge in [0.2, 0.25) is 0 Å². The Morgan fingerprint density at radius 3 is 2.68 bits per heavy atom. The molecule has 0 radical (unpaired) electrons. The van der Waals surface area contributed by atoms with Crippen molar-refractivity contribution in [3.63, 3.8) is 0 Å². The molecule has 1 aromatic rings. The van der Waals surface area contributed by atoms with Crippen molar-refractivity contribution in [2.75, 3.05) is 19.6 Å². The Morgan fingerprint density at radius 2 is 2.00 bits per heavy atom. The fourth-order valence-corrected chi connectivity index (χ4v) is 2.83. The zero-order valence-corrected chi connectivity index (χ0v) is 12.6. The van der Waals surface area contributed by atoms with Gasteiger partial charge in [-0.05, 0) is 37.8 Å². The molecule has 0 amide bonds. The Labute approximate surface area is 118 Å². The van der Waals surface area contributed by atoms with Crippen molar-refractivity contribution in [2.45, 2.75) is 45.7 Å². The number of rotatable bonds is 4. The molecule has 2 atom stereocenters. The summed E-state index contributed by atoms with van der Waals surface area (Å²) in [4.78, 5) is 2.66. The summed E-state index contributed by atoms with van der Waals surface area (Å²) in [6, 6.07) is 12.2. The predicted molar refractivity (Wildman–Crippen MR) is 82.4 cm³/mol. The lowest BCUT2D eigenvalue weighted by Gasteiger charge is -2.30. The van der Waals surface area contributed by atoms with Crippen LogP contribution in [0.3, 0.4) is 0 Å². The van der Waals surface area contributed by atoms with E-state index in [2.05, 4.69) is 61.3 Å². The minimum absolute atomic E-state index is 0.640. The Hall–Kier alpha value is -0.860. The van der Waals surface area contributed by atoms with Crippen LogP contribution in [-0.2, 0) is 6.42 Å². The van der Waals surface area contributed by atoms with Gasteiger partial charge in [0.15, 0.2) is 0 Å². The maximum Gasteiger partial charge on any atom is 0.0218 e. The summed E-state index contributed by atoms with van der Waals surface area (Å²) in [5.41, 5.74) is 1.45. The Morgan fingerprint density at radius 1 is 1.26 bits per heavy atom. The van der Waals surface area contributed by atoms with Gasteiger partial charge in [0.05, 0.1) is 0 Å². The molecule has 1 aromatic carbocycles. The van der Waals surface area contributed by atoms with E-state index in [1.54, 1.807) is 0 Å². The van der Waals surface area contributed by atoms with E-state index in [9.17, 15) is 0 Å². The minimum Gasteiger partial charge on any atom is -0.312 e. The lowest BCUT2D eigenvalue weighted by atomic mass is 10.0. The molecule has 0 spiro atoms. The maximum absolute atomic E-state index is 3.70. The first kappa shape index (κ1) is 14.5. The van der Waals surface area contributed by atoms with Crippen molar-refractivity contribution in [3.8, 4) is 0 Å². The van der Waals surface area contributed by atoms with E-state index in [0.717, 1.165) is 13.0 Å². The van der Waals surface area contributed by atoms with Crippen LogP contribution in [0.25, 0.3) is 0 Å². The van der Waals surface area contributed by atoms with Gasteiger partial charge in [-0.25, -0.2) is 0 Å². The van der Waals surface area contributed by atoms with E-state index < -0.39 is 0 Å². The SMILES string of the molecule is CC(C)C1CN(CCc2ccccc2)C(C)CCN1. The highest BCUT2D eigenvalue weighted by atomic mass is 15.2. The topological polar surface area (TPSA) is 15.3 Å². The lowest BCUT2D eigenvalue weighted by Crippen LogP contribution is -2.43. The normalized spacial score (nSPS) is 25.5. The standard InChI is InChI=1S/C17H28N2/c1-14(2)17-13-19(15(3)9-11-18-17)12-10-16-7-5-4-6-8-16/h4-8,14-15,17-18H,9-13H2,1-3H3. The fourth-order valence-electron chi connectivity index (χ4n) is 2.83. The highest BCUT2D eigenvalue weighted by molar-refractivity contribution is 5.14. The molecule has 0 saturated carbocycles. The van der Waals surface area contributed by atoms with Crippen LogP contribution in [-0.4, -0.2) is 36.6 Å². The molecule has 1 fully saturated rings. The molecular weight excluding hydrogens is 232 g/mol. The van der Waals surface area contributed by atoms with E-state index in [0.29, 0.717) is 18.0 Å². The van der Waals surface area contributed by atoms with Crippen molar-refractivity contribution in [3.05, 3.63) is 35.9 Å². The number of nitrogens with zero attached hydrogens (tertiary/aromatic N) is 1. The molecule has 1 heterocycles. The zero-order valence-electron chi connectivity index (χ0n) is 12.6. The van der Waals surface area contributed by atoms with Gasteiger partial charge >= 0.3 is 0 Å². The van der Waals surface area contributed by atoms with Crippen LogP contribution in [0.1, 0.15) is 32.8 Å². The average Bonchev–Trinajstić information content (AvgIpc) is 2.60. The highest BCUT2D eigenvalue weighted by Crippen LogP contribution is 2.14. The molecule has 1 N–H and O–H groups in total. The summed E-state index contributed by atoms with van der Waals surface area (Å²) in [6.07, 6.45) is 2.42. The van der Waals surface area contributed by atoms with Crippen molar-refractivity contribution < 1.29 is 0 Å². The largest absolute Gasteiger partial charge is 0.312 e. The highest BCUT2D eigenvalue weighted by Gasteiger charge is 2.24. The predicted octanol–water partition coefficient (Wildman–Crippen LogP) is 2.94. The first-order valence-electron chi connectivity index (χ1n) is 7.68. The third kappa shape index (κ3) is 4.32. The van der Waals surface area contributed by atoms with Crippen LogP contribution in [0.4, 0.5) is 0 Å². The second-order valence-corrected chi connectivity index (χ2v) is 6.17. The quantitative estimate of drug-likeness (QED) is 0.895. The molecule has 19 heavy (non-hydrogen) atoms. The fraction of sp³-hybridized carbons (Fsp3) is 0.647. The number of benzene rings is 1. The minimum atomic E-state index is 0.640. The number of hydrogen-bond acceptors (Lipinski definition) is 2. The Kier molecular flexibility index (Phi) is 5.41. The first-order valence-corrected chi connectivity index (χ1v) is 7.68. The van der Waals surface area contributed by atoms with Crippen LogP contribution in [0.2, 0.25) is 0 Å². The van der Waals surface area contributed by atoms with Crippen LogP contribution >= 0.6 is 0 Å². The van der Waals surface area contributed by atoms with Gasteiger partial charge in [0, 0.05) is 25.2 Å². The summed E-state index contributed by atoms with van der Waals surface area (Å²) >= 11 is 0. The number of hydrogen-bond donors (Lipinski definition) is 1. The molecule has 1 aliphatic heterocycles. The molecule has 0 aromatic heterocycles. The Bertz CT molecular complexity index is 361. The van der Waals surface area contributed by atoms with E-state index in [1.165, 1.54) is 25.1 Å². The van der Waals surface area contributed by atoms with Gasteiger partial charge in [0.25, 0.3) is 0 Å². The third-order valence-corrected chi connectivity index (χ3v) is 4.36. The molecule has 1 aliphatic rings. The van der Waals surface area contributed by atoms with Crippen LogP contribution in [0.15, 0.2) is 30.3 Å². The van der Waals surface area contributed by atoms with E-state index in [4.69, 9.17) is 0 Å². The summed E-state index contributed by atoms with van der Waals surface area (Å²) in [6.45, 7) is 10.5. The van der Waals surface area contributed by atoms with E-state index in [1.807, 2.05) is 0 Å². The maximum atomic E-state index is 3.70. The van der Waals surface area contributed by atoms with Crippen molar-refractivity contribution >= 4 is 0 Å². The smallest absolute Gasteiger partial charge is 0.0218 e.